The Morgan fingerprint density at radius 2 is 2.40 bits per heavy atom. The van der Waals surface area contributed by atoms with Gasteiger partial charge in [-0.05, 0) is 44.2 Å². The van der Waals surface area contributed by atoms with Gasteiger partial charge in [0.05, 0.1) is 0 Å². The van der Waals surface area contributed by atoms with Crippen LogP contribution in [0.15, 0.2) is 12.2 Å². The molecule has 0 aromatic carbocycles. The molecule has 0 spiro atoms. The number of amides is 1. The zero-order chi connectivity index (χ0) is 10.5. The van der Waals surface area contributed by atoms with E-state index in [1.165, 1.54) is 6.42 Å². The maximum atomic E-state index is 11.6. The van der Waals surface area contributed by atoms with Gasteiger partial charge < -0.3 is 10.6 Å². The second-order valence-corrected chi connectivity index (χ2v) is 4.63. The van der Waals surface area contributed by atoms with Gasteiger partial charge in [0.15, 0.2) is 0 Å². The van der Waals surface area contributed by atoms with Gasteiger partial charge in [-0.1, -0.05) is 12.2 Å². The van der Waals surface area contributed by atoms with E-state index >= 15 is 0 Å². The lowest BCUT2D eigenvalue weighted by molar-refractivity contribution is -0.121. The molecule has 0 radical (unpaired) electrons. The Balaban J connectivity index is 1.61. The third-order valence-electron chi connectivity index (χ3n) is 3.31. The third-order valence-corrected chi connectivity index (χ3v) is 3.31. The quantitative estimate of drug-likeness (QED) is 0.678. The molecule has 0 aromatic rings. The largest absolute Gasteiger partial charge is 0.356 e. The summed E-state index contributed by atoms with van der Waals surface area (Å²) in [6.07, 6.45) is 8.53. The summed E-state index contributed by atoms with van der Waals surface area (Å²) in [5.74, 6) is 1.36. The molecule has 1 amide bonds. The van der Waals surface area contributed by atoms with Gasteiger partial charge in [-0.15, -0.1) is 0 Å². The number of carbonyl (C=O) groups is 1. The van der Waals surface area contributed by atoms with Crippen LogP contribution in [0.4, 0.5) is 0 Å². The second-order valence-electron chi connectivity index (χ2n) is 4.63. The van der Waals surface area contributed by atoms with Crippen LogP contribution in [-0.2, 0) is 4.79 Å². The first-order valence-electron chi connectivity index (χ1n) is 5.98. The first-order chi connectivity index (χ1) is 7.34. The van der Waals surface area contributed by atoms with Crippen molar-refractivity contribution in [1.29, 1.82) is 0 Å². The lowest BCUT2D eigenvalue weighted by Crippen LogP contribution is -2.31. The lowest BCUT2D eigenvalue weighted by Gasteiger charge is -2.11. The van der Waals surface area contributed by atoms with Crippen molar-refractivity contribution in [2.45, 2.75) is 25.7 Å². The fourth-order valence-corrected chi connectivity index (χ4v) is 2.32. The zero-order valence-corrected chi connectivity index (χ0v) is 9.17. The number of rotatable bonds is 4. The highest BCUT2D eigenvalue weighted by Gasteiger charge is 2.17. The standard InChI is InChI=1S/C12H20N2O/c15-12(7-10-3-1-2-4-10)14-9-11-5-6-13-8-11/h1,3,10-11,13H,2,4-9H2,(H,14,15). The molecule has 2 rings (SSSR count). The van der Waals surface area contributed by atoms with E-state index in [0.29, 0.717) is 18.3 Å². The van der Waals surface area contributed by atoms with Gasteiger partial charge in [0, 0.05) is 13.0 Å². The Labute approximate surface area is 91.3 Å². The fourth-order valence-electron chi connectivity index (χ4n) is 2.32. The van der Waals surface area contributed by atoms with Crippen LogP contribution in [-0.4, -0.2) is 25.5 Å². The molecule has 1 aliphatic carbocycles. The normalized spacial score (nSPS) is 29.6. The molecule has 2 aliphatic rings. The maximum absolute atomic E-state index is 11.6. The summed E-state index contributed by atoms with van der Waals surface area (Å²) < 4.78 is 0. The Kier molecular flexibility index (Phi) is 3.78. The van der Waals surface area contributed by atoms with Gasteiger partial charge in [0.25, 0.3) is 0 Å². The molecule has 2 unspecified atom stereocenters. The summed E-state index contributed by atoms with van der Waals surface area (Å²) in [5.41, 5.74) is 0. The molecule has 3 heteroatoms. The molecule has 1 aliphatic heterocycles. The number of hydrogen-bond donors (Lipinski definition) is 2. The van der Waals surface area contributed by atoms with E-state index in [2.05, 4.69) is 22.8 Å². The maximum Gasteiger partial charge on any atom is 0.220 e. The molecule has 3 nitrogen and oxygen atoms in total. The predicted molar refractivity (Wildman–Crippen MR) is 60.5 cm³/mol. The van der Waals surface area contributed by atoms with Crippen molar-refractivity contribution >= 4 is 5.91 Å². The average Bonchev–Trinajstić information content (AvgIpc) is 2.86. The Bertz CT molecular complexity index is 244. The van der Waals surface area contributed by atoms with Crippen molar-refractivity contribution in [2.75, 3.05) is 19.6 Å². The molecule has 1 heterocycles. The molecular weight excluding hydrogens is 188 g/mol. The highest BCUT2D eigenvalue weighted by molar-refractivity contribution is 5.76. The number of carbonyl (C=O) groups excluding carboxylic acids is 1. The lowest BCUT2D eigenvalue weighted by atomic mass is 10.0. The second kappa shape index (κ2) is 5.31. The van der Waals surface area contributed by atoms with Crippen molar-refractivity contribution in [1.82, 2.24) is 10.6 Å². The number of nitrogens with one attached hydrogen (secondary N) is 2. The molecule has 1 saturated heterocycles. The molecule has 84 valence electrons. The third kappa shape index (κ3) is 3.34. The summed E-state index contributed by atoms with van der Waals surface area (Å²) in [4.78, 5) is 11.6. The van der Waals surface area contributed by atoms with Crippen LogP contribution >= 0.6 is 0 Å². The SMILES string of the molecule is O=C(CC1C=CCC1)NCC1CCNC1. The van der Waals surface area contributed by atoms with E-state index in [9.17, 15) is 4.79 Å². The summed E-state index contributed by atoms with van der Waals surface area (Å²) in [6.45, 7) is 3.01. The number of allylic oxidation sites excluding steroid dienone is 2. The van der Waals surface area contributed by atoms with E-state index < -0.39 is 0 Å². The van der Waals surface area contributed by atoms with Gasteiger partial charge in [0.1, 0.15) is 0 Å². The molecule has 0 aromatic heterocycles. The minimum atomic E-state index is 0.221. The van der Waals surface area contributed by atoms with Crippen molar-refractivity contribution in [3.63, 3.8) is 0 Å². The summed E-state index contributed by atoms with van der Waals surface area (Å²) in [7, 11) is 0. The van der Waals surface area contributed by atoms with Crippen LogP contribution in [0.2, 0.25) is 0 Å². The van der Waals surface area contributed by atoms with Crippen molar-refractivity contribution < 1.29 is 4.79 Å². The monoisotopic (exact) mass is 208 g/mol. The minimum Gasteiger partial charge on any atom is -0.356 e. The van der Waals surface area contributed by atoms with Crippen molar-refractivity contribution in [3.05, 3.63) is 12.2 Å². The van der Waals surface area contributed by atoms with Crippen LogP contribution in [0, 0.1) is 11.8 Å². The van der Waals surface area contributed by atoms with Crippen LogP contribution < -0.4 is 10.6 Å². The Hall–Kier alpha value is -0.830. The van der Waals surface area contributed by atoms with E-state index in [0.717, 1.165) is 32.5 Å². The van der Waals surface area contributed by atoms with E-state index in [-0.39, 0.29) is 5.91 Å². The first kappa shape index (κ1) is 10.7. The van der Waals surface area contributed by atoms with Crippen LogP contribution in [0.5, 0.6) is 0 Å². The van der Waals surface area contributed by atoms with Gasteiger partial charge in [-0.2, -0.15) is 0 Å². The van der Waals surface area contributed by atoms with Crippen molar-refractivity contribution in [2.24, 2.45) is 11.8 Å². The van der Waals surface area contributed by atoms with Crippen LogP contribution in [0.1, 0.15) is 25.7 Å². The van der Waals surface area contributed by atoms with Crippen molar-refractivity contribution in [3.8, 4) is 0 Å². The summed E-state index contributed by atoms with van der Waals surface area (Å²) in [6, 6.07) is 0. The van der Waals surface area contributed by atoms with Gasteiger partial charge in [-0.3, -0.25) is 4.79 Å². The van der Waals surface area contributed by atoms with E-state index in [1.54, 1.807) is 0 Å². The zero-order valence-electron chi connectivity index (χ0n) is 9.17. The topological polar surface area (TPSA) is 41.1 Å². The molecular formula is C12H20N2O. The molecule has 15 heavy (non-hydrogen) atoms. The smallest absolute Gasteiger partial charge is 0.220 e. The Morgan fingerprint density at radius 3 is 3.07 bits per heavy atom. The highest BCUT2D eigenvalue weighted by Crippen LogP contribution is 2.20. The van der Waals surface area contributed by atoms with Gasteiger partial charge in [0.2, 0.25) is 5.91 Å². The number of hydrogen-bond acceptors (Lipinski definition) is 2. The first-order valence-corrected chi connectivity index (χ1v) is 5.98. The Morgan fingerprint density at radius 1 is 1.47 bits per heavy atom. The average molecular weight is 208 g/mol. The van der Waals surface area contributed by atoms with E-state index in [4.69, 9.17) is 0 Å². The molecule has 2 atom stereocenters. The van der Waals surface area contributed by atoms with Gasteiger partial charge >= 0.3 is 0 Å². The minimum absolute atomic E-state index is 0.221. The van der Waals surface area contributed by atoms with Gasteiger partial charge in [-0.25, -0.2) is 0 Å². The molecule has 0 bridgehead atoms. The summed E-state index contributed by atoms with van der Waals surface area (Å²) >= 11 is 0. The molecule has 2 N–H and O–H groups in total. The highest BCUT2D eigenvalue weighted by atomic mass is 16.1. The summed E-state index contributed by atoms with van der Waals surface area (Å²) in [5, 5.41) is 6.35. The van der Waals surface area contributed by atoms with E-state index in [1.807, 2.05) is 0 Å². The predicted octanol–water partition coefficient (Wildman–Crippen LogP) is 1.07. The fraction of sp³-hybridized carbons (Fsp3) is 0.750. The van der Waals surface area contributed by atoms with Crippen LogP contribution in [0.3, 0.4) is 0 Å². The molecule has 0 saturated carbocycles. The molecule has 1 fully saturated rings. The van der Waals surface area contributed by atoms with Crippen LogP contribution in [0.25, 0.3) is 0 Å².